The number of carbonyl (C=O) groups is 1. The third kappa shape index (κ3) is 5.26. The minimum Gasteiger partial charge on any atom is -0.487 e. The number of aromatic nitrogens is 3. The molecule has 0 aliphatic carbocycles. The summed E-state index contributed by atoms with van der Waals surface area (Å²) in [5.41, 5.74) is 1.84. The molecule has 10 nitrogen and oxygen atoms in total. The van der Waals surface area contributed by atoms with Gasteiger partial charge in [0.1, 0.15) is 36.3 Å². The Morgan fingerprint density at radius 3 is 2.80 bits per heavy atom. The van der Waals surface area contributed by atoms with E-state index in [0.29, 0.717) is 36.2 Å². The fourth-order valence-corrected chi connectivity index (χ4v) is 4.49. The molecule has 0 bridgehead atoms. The van der Waals surface area contributed by atoms with E-state index in [1.165, 1.54) is 7.11 Å². The molecule has 4 atom stereocenters. The molecule has 0 amide bonds. The van der Waals surface area contributed by atoms with Gasteiger partial charge in [-0.2, -0.15) is 0 Å². The van der Waals surface area contributed by atoms with Crippen molar-refractivity contribution in [2.24, 2.45) is 0 Å². The maximum absolute atomic E-state index is 11.8. The van der Waals surface area contributed by atoms with Gasteiger partial charge in [0.15, 0.2) is 5.11 Å². The van der Waals surface area contributed by atoms with Crippen molar-refractivity contribution in [3.8, 4) is 5.75 Å². The highest BCUT2D eigenvalue weighted by Crippen LogP contribution is 2.34. The van der Waals surface area contributed by atoms with E-state index in [2.05, 4.69) is 20.9 Å². The Balaban J connectivity index is 1.15. The second-order valence-electron chi connectivity index (χ2n) is 8.23. The predicted molar refractivity (Wildman–Crippen MR) is 130 cm³/mol. The van der Waals surface area contributed by atoms with Crippen LogP contribution in [0.25, 0.3) is 0 Å². The van der Waals surface area contributed by atoms with Crippen LogP contribution < -0.4 is 15.4 Å². The van der Waals surface area contributed by atoms with E-state index in [0.717, 1.165) is 11.4 Å². The number of anilines is 1. The maximum Gasteiger partial charge on any atom is 0.337 e. The minimum absolute atomic E-state index is 0.0944. The Hall–Kier alpha value is -3.54. The van der Waals surface area contributed by atoms with E-state index < -0.39 is 5.97 Å². The molecule has 2 saturated heterocycles. The summed E-state index contributed by atoms with van der Waals surface area (Å²) < 4.78 is 24.4. The number of benzene rings is 2. The van der Waals surface area contributed by atoms with Gasteiger partial charge >= 0.3 is 5.97 Å². The van der Waals surface area contributed by atoms with Crippen LogP contribution in [0.4, 0.5) is 5.69 Å². The van der Waals surface area contributed by atoms with Crippen LogP contribution in [0, 0.1) is 0 Å². The monoisotopic (exact) mass is 495 g/mol. The number of carbonyl (C=O) groups excluding carboxylic acids is 1. The molecular formula is C24H25N5O5S. The first-order valence-corrected chi connectivity index (χ1v) is 11.6. The zero-order valence-corrected chi connectivity index (χ0v) is 19.8. The van der Waals surface area contributed by atoms with Gasteiger partial charge < -0.3 is 29.6 Å². The normalized spacial score (nSPS) is 22.9. The van der Waals surface area contributed by atoms with Crippen LogP contribution in [-0.2, 0) is 20.8 Å². The van der Waals surface area contributed by atoms with Gasteiger partial charge in [0.25, 0.3) is 0 Å². The first-order valence-electron chi connectivity index (χ1n) is 11.2. The van der Waals surface area contributed by atoms with E-state index in [1.54, 1.807) is 22.9 Å². The minimum atomic E-state index is -0.409. The number of nitrogens with zero attached hydrogens (tertiary/aromatic N) is 3. The molecule has 0 spiro atoms. The molecule has 2 N–H and O–H groups in total. The summed E-state index contributed by atoms with van der Waals surface area (Å²) in [5, 5.41) is 15.3. The van der Waals surface area contributed by atoms with Crippen molar-refractivity contribution in [2.45, 2.75) is 30.9 Å². The average molecular weight is 496 g/mol. The number of para-hydroxylation sites is 1. The second kappa shape index (κ2) is 10.4. The summed E-state index contributed by atoms with van der Waals surface area (Å²) in [6.07, 6.45) is 1.50. The van der Waals surface area contributed by atoms with Crippen LogP contribution in [-0.4, -0.2) is 64.6 Å². The Morgan fingerprint density at radius 1 is 1.14 bits per heavy atom. The van der Waals surface area contributed by atoms with Gasteiger partial charge in [0.05, 0.1) is 38.1 Å². The topological polar surface area (TPSA) is 109 Å². The summed E-state index contributed by atoms with van der Waals surface area (Å²) in [4.78, 5) is 11.8. The summed E-state index contributed by atoms with van der Waals surface area (Å²) in [7, 11) is 1.35. The van der Waals surface area contributed by atoms with Gasteiger partial charge in [-0.1, -0.05) is 29.5 Å². The second-order valence-corrected chi connectivity index (χ2v) is 8.64. The third-order valence-electron chi connectivity index (χ3n) is 5.91. The molecule has 5 rings (SSSR count). The first kappa shape index (κ1) is 23.2. The van der Waals surface area contributed by atoms with Gasteiger partial charge in [-0.25, -0.2) is 9.48 Å². The number of nitrogens with one attached hydrogen (secondary N) is 2. The number of thiocarbonyl (C=S) groups is 1. The van der Waals surface area contributed by atoms with Crippen molar-refractivity contribution in [1.29, 1.82) is 0 Å². The van der Waals surface area contributed by atoms with Crippen molar-refractivity contribution in [3.05, 3.63) is 72.1 Å². The SMILES string of the molecule is COC(=O)c1cccc(NC(=S)N[C@H]2CO[C@H]3[C@@H]2OC[C@@H]3n2cc(COc3ccccc3)nn2)c1. The number of fused-ring (bicyclic) bond motifs is 1. The van der Waals surface area contributed by atoms with E-state index in [-0.39, 0.29) is 24.3 Å². The number of hydrogen-bond donors (Lipinski definition) is 2. The molecule has 0 unspecified atom stereocenters. The van der Waals surface area contributed by atoms with E-state index in [9.17, 15) is 4.79 Å². The molecule has 3 heterocycles. The van der Waals surface area contributed by atoms with Gasteiger partial charge in [-0.05, 0) is 42.5 Å². The Bertz CT molecular complexity index is 1190. The van der Waals surface area contributed by atoms with E-state index >= 15 is 0 Å². The smallest absolute Gasteiger partial charge is 0.337 e. The predicted octanol–water partition coefficient (Wildman–Crippen LogP) is 2.34. The fourth-order valence-electron chi connectivity index (χ4n) is 4.22. The van der Waals surface area contributed by atoms with Crippen LogP contribution in [0.5, 0.6) is 5.75 Å². The lowest BCUT2D eigenvalue weighted by molar-refractivity contribution is 0.0600. The largest absolute Gasteiger partial charge is 0.487 e. The zero-order valence-electron chi connectivity index (χ0n) is 19.0. The molecule has 0 radical (unpaired) electrons. The van der Waals surface area contributed by atoms with E-state index in [4.69, 9.17) is 31.2 Å². The van der Waals surface area contributed by atoms with Crippen molar-refractivity contribution < 1.29 is 23.7 Å². The average Bonchev–Trinajstić information content (AvgIpc) is 3.61. The number of rotatable bonds is 7. The Labute approximate surface area is 207 Å². The highest BCUT2D eigenvalue weighted by atomic mass is 32.1. The van der Waals surface area contributed by atoms with Gasteiger partial charge in [0.2, 0.25) is 0 Å². The molecule has 182 valence electrons. The summed E-state index contributed by atoms with van der Waals surface area (Å²) in [6.45, 7) is 1.22. The third-order valence-corrected chi connectivity index (χ3v) is 6.13. The molecule has 3 aromatic rings. The molecule has 1 aromatic heterocycles. The van der Waals surface area contributed by atoms with Crippen molar-refractivity contribution in [2.75, 3.05) is 25.6 Å². The summed E-state index contributed by atoms with van der Waals surface area (Å²) >= 11 is 5.47. The van der Waals surface area contributed by atoms with Gasteiger partial charge in [0, 0.05) is 5.69 Å². The lowest BCUT2D eigenvalue weighted by Crippen LogP contribution is -2.45. The van der Waals surface area contributed by atoms with Crippen LogP contribution in [0.2, 0.25) is 0 Å². The van der Waals surface area contributed by atoms with Gasteiger partial charge in [-0.15, -0.1) is 5.10 Å². The van der Waals surface area contributed by atoms with E-state index in [1.807, 2.05) is 42.6 Å². The quantitative estimate of drug-likeness (QED) is 0.374. The zero-order chi connectivity index (χ0) is 24.2. The number of methoxy groups -OCH3 is 1. The fraction of sp³-hybridized carbons (Fsp3) is 0.333. The lowest BCUT2D eigenvalue weighted by Gasteiger charge is -2.20. The molecule has 11 heteroatoms. The van der Waals surface area contributed by atoms with Crippen LogP contribution in [0.1, 0.15) is 22.1 Å². The molecule has 2 fully saturated rings. The van der Waals surface area contributed by atoms with Crippen LogP contribution in [0.15, 0.2) is 60.8 Å². The Morgan fingerprint density at radius 2 is 1.97 bits per heavy atom. The molecule has 0 saturated carbocycles. The molecular weight excluding hydrogens is 470 g/mol. The van der Waals surface area contributed by atoms with Crippen molar-refractivity contribution >= 4 is 29.0 Å². The molecule has 2 aromatic carbocycles. The molecule has 35 heavy (non-hydrogen) atoms. The highest BCUT2D eigenvalue weighted by molar-refractivity contribution is 7.80. The van der Waals surface area contributed by atoms with Gasteiger partial charge in [-0.3, -0.25) is 0 Å². The first-order chi connectivity index (χ1) is 17.1. The Kier molecular flexibility index (Phi) is 6.89. The summed E-state index contributed by atoms with van der Waals surface area (Å²) in [5.74, 6) is 0.369. The number of hydrogen-bond acceptors (Lipinski definition) is 8. The standard InChI is InChI=1S/C24H25N5O5S/c1-31-23(30)15-6-5-7-16(10-15)25-24(35)26-19-13-33-22-20(14-34-21(19)22)29-11-17(27-28-29)12-32-18-8-3-2-4-9-18/h2-11,19-22H,12-14H2,1H3,(H2,25,26,35)/t19-,20-,21+,22+/m0/s1. The van der Waals surface area contributed by atoms with Crippen LogP contribution in [0.3, 0.4) is 0 Å². The van der Waals surface area contributed by atoms with Crippen molar-refractivity contribution in [1.82, 2.24) is 20.3 Å². The number of esters is 1. The number of ether oxygens (including phenoxy) is 4. The van der Waals surface area contributed by atoms with Crippen LogP contribution >= 0.6 is 12.2 Å². The maximum atomic E-state index is 11.8. The summed E-state index contributed by atoms with van der Waals surface area (Å²) in [6, 6.07) is 16.3. The molecule has 2 aliphatic heterocycles. The highest BCUT2D eigenvalue weighted by Gasteiger charge is 2.49. The van der Waals surface area contributed by atoms with Crippen molar-refractivity contribution in [3.63, 3.8) is 0 Å². The lowest BCUT2D eigenvalue weighted by atomic mass is 10.1. The molecule has 2 aliphatic rings.